The lowest BCUT2D eigenvalue weighted by molar-refractivity contribution is -0.138. The standard InChI is InChI=1S/C19H21FN2O2/c1-13-5-4-6-14(11-13)12-21-17(23)19(2,3)18(24)22-16-9-7-15(20)8-10-16/h4-11H,12H2,1-3H3,(H,21,23)(H,22,24). The maximum Gasteiger partial charge on any atom is 0.239 e. The number of benzene rings is 2. The molecule has 0 radical (unpaired) electrons. The Morgan fingerprint density at radius 1 is 1.04 bits per heavy atom. The minimum absolute atomic E-state index is 0.355. The first-order valence-electron chi connectivity index (χ1n) is 7.70. The van der Waals surface area contributed by atoms with Gasteiger partial charge in [0.2, 0.25) is 11.8 Å². The molecule has 2 rings (SSSR count). The van der Waals surface area contributed by atoms with Crippen molar-refractivity contribution >= 4 is 17.5 Å². The van der Waals surface area contributed by atoms with E-state index in [1.165, 1.54) is 24.3 Å². The van der Waals surface area contributed by atoms with Crippen LogP contribution in [0.1, 0.15) is 25.0 Å². The van der Waals surface area contributed by atoms with E-state index in [0.717, 1.165) is 11.1 Å². The summed E-state index contributed by atoms with van der Waals surface area (Å²) in [5, 5.41) is 5.41. The molecule has 2 aromatic rings. The highest BCUT2D eigenvalue weighted by Gasteiger charge is 2.35. The van der Waals surface area contributed by atoms with E-state index in [-0.39, 0.29) is 11.7 Å². The Balaban J connectivity index is 1.98. The molecule has 24 heavy (non-hydrogen) atoms. The van der Waals surface area contributed by atoms with Crippen LogP contribution in [0.2, 0.25) is 0 Å². The van der Waals surface area contributed by atoms with Gasteiger partial charge in [-0.05, 0) is 50.6 Å². The fourth-order valence-electron chi connectivity index (χ4n) is 2.15. The molecular weight excluding hydrogens is 307 g/mol. The van der Waals surface area contributed by atoms with Crippen molar-refractivity contribution in [2.24, 2.45) is 5.41 Å². The summed E-state index contributed by atoms with van der Waals surface area (Å²) < 4.78 is 12.9. The van der Waals surface area contributed by atoms with Crippen LogP contribution < -0.4 is 10.6 Å². The summed E-state index contributed by atoms with van der Waals surface area (Å²) >= 11 is 0. The summed E-state index contributed by atoms with van der Waals surface area (Å²) in [5.41, 5.74) is 1.27. The first kappa shape index (κ1) is 17.7. The largest absolute Gasteiger partial charge is 0.351 e. The molecule has 0 heterocycles. The van der Waals surface area contributed by atoms with E-state index in [9.17, 15) is 14.0 Å². The number of amides is 2. The number of hydrogen-bond acceptors (Lipinski definition) is 2. The van der Waals surface area contributed by atoms with Crippen LogP contribution in [0.4, 0.5) is 10.1 Å². The molecule has 0 aliphatic rings. The van der Waals surface area contributed by atoms with Crippen LogP contribution in [0.5, 0.6) is 0 Å². The first-order chi connectivity index (χ1) is 11.3. The molecule has 0 saturated heterocycles. The van der Waals surface area contributed by atoms with Gasteiger partial charge < -0.3 is 10.6 Å². The van der Waals surface area contributed by atoms with Crippen molar-refractivity contribution in [3.05, 3.63) is 65.5 Å². The van der Waals surface area contributed by atoms with Gasteiger partial charge in [-0.25, -0.2) is 4.39 Å². The first-order valence-corrected chi connectivity index (χ1v) is 7.70. The van der Waals surface area contributed by atoms with Gasteiger partial charge in [0, 0.05) is 12.2 Å². The van der Waals surface area contributed by atoms with Crippen molar-refractivity contribution in [3.63, 3.8) is 0 Å². The third kappa shape index (κ3) is 4.41. The Kier molecular flexibility index (Phi) is 5.34. The van der Waals surface area contributed by atoms with Crippen LogP contribution in [0.25, 0.3) is 0 Å². The lowest BCUT2D eigenvalue weighted by Crippen LogP contribution is -2.44. The maximum absolute atomic E-state index is 12.9. The van der Waals surface area contributed by atoms with Gasteiger partial charge in [0.15, 0.2) is 0 Å². The number of halogens is 1. The highest BCUT2D eigenvalue weighted by atomic mass is 19.1. The van der Waals surface area contributed by atoms with E-state index < -0.39 is 11.3 Å². The molecule has 0 spiro atoms. The summed E-state index contributed by atoms with van der Waals surface area (Å²) in [5.74, 6) is -1.21. The zero-order chi connectivity index (χ0) is 17.7. The SMILES string of the molecule is Cc1cccc(CNC(=O)C(C)(C)C(=O)Nc2ccc(F)cc2)c1. The number of hydrogen-bond donors (Lipinski definition) is 2. The molecule has 0 aliphatic carbocycles. The second kappa shape index (κ2) is 7.25. The van der Waals surface area contributed by atoms with Crippen molar-refractivity contribution < 1.29 is 14.0 Å². The highest BCUT2D eigenvalue weighted by molar-refractivity contribution is 6.09. The molecule has 2 aromatic carbocycles. The van der Waals surface area contributed by atoms with Crippen LogP contribution in [0, 0.1) is 18.2 Å². The van der Waals surface area contributed by atoms with Gasteiger partial charge in [0.25, 0.3) is 0 Å². The average molecular weight is 328 g/mol. The Morgan fingerprint density at radius 3 is 2.33 bits per heavy atom. The predicted molar refractivity (Wildman–Crippen MR) is 91.8 cm³/mol. The molecule has 0 aliphatic heterocycles. The average Bonchev–Trinajstić information content (AvgIpc) is 2.54. The van der Waals surface area contributed by atoms with E-state index in [2.05, 4.69) is 10.6 Å². The summed E-state index contributed by atoms with van der Waals surface area (Å²) in [6.07, 6.45) is 0. The van der Waals surface area contributed by atoms with Gasteiger partial charge in [-0.1, -0.05) is 29.8 Å². The number of carbonyl (C=O) groups is 2. The molecule has 0 unspecified atom stereocenters. The quantitative estimate of drug-likeness (QED) is 0.826. The summed E-state index contributed by atoms with van der Waals surface area (Å²) in [6, 6.07) is 13.2. The maximum atomic E-state index is 12.9. The zero-order valence-electron chi connectivity index (χ0n) is 14.0. The molecule has 0 fully saturated rings. The Morgan fingerprint density at radius 2 is 1.71 bits per heavy atom. The normalized spacial score (nSPS) is 11.0. The lowest BCUT2D eigenvalue weighted by Gasteiger charge is -2.22. The van der Waals surface area contributed by atoms with Gasteiger partial charge in [-0.3, -0.25) is 9.59 Å². The smallest absolute Gasteiger partial charge is 0.239 e. The van der Waals surface area contributed by atoms with Crippen LogP contribution >= 0.6 is 0 Å². The Labute approximate surface area is 141 Å². The molecule has 0 saturated carbocycles. The van der Waals surface area contributed by atoms with Gasteiger partial charge in [0.05, 0.1) is 0 Å². The van der Waals surface area contributed by atoms with Gasteiger partial charge >= 0.3 is 0 Å². The molecule has 0 atom stereocenters. The van der Waals surface area contributed by atoms with Crippen molar-refractivity contribution in [2.75, 3.05) is 5.32 Å². The van der Waals surface area contributed by atoms with E-state index >= 15 is 0 Å². The minimum Gasteiger partial charge on any atom is -0.351 e. The van der Waals surface area contributed by atoms with Crippen molar-refractivity contribution in [1.82, 2.24) is 5.32 Å². The second-order valence-corrected chi connectivity index (χ2v) is 6.26. The molecular formula is C19H21FN2O2. The summed E-state index contributed by atoms with van der Waals surface area (Å²) in [4.78, 5) is 24.7. The van der Waals surface area contributed by atoms with Crippen LogP contribution in [0.3, 0.4) is 0 Å². The number of carbonyl (C=O) groups excluding carboxylic acids is 2. The third-order valence-electron chi connectivity index (χ3n) is 3.77. The molecule has 0 aromatic heterocycles. The van der Waals surface area contributed by atoms with E-state index in [0.29, 0.717) is 12.2 Å². The topological polar surface area (TPSA) is 58.2 Å². The lowest BCUT2D eigenvalue weighted by atomic mass is 9.90. The summed E-state index contributed by atoms with van der Waals surface area (Å²) in [7, 11) is 0. The van der Waals surface area contributed by atoms with E-state index in [4.69, 9.17) is 0 Å². The Bertz CT molecular complexity index is 739. The summed E-state index contributed by atoms with van der Waals surface area (Å²) in [6.45, 7) is 5.44. The van der Waals surface area contributed by atoms with Gasteiger partial charge in [0.1, 0.15) is 11.2 Å². The molecule has 5 heteroatoms. The van der Waals surface area contributed by atoms with Gasteiger partial charge in [-0.15, -0.1) is 0 Å². The minimum atomic E-state index is -1.25. The molecule has 2 N–H and O–H groups in total. The van der Waals surface area contributed by atoms with Crippen LogP contribution in [0.15, 0.2) is 48.5 Å². The number of nitrogens with one attached hydrogen (secondary N) is 2. The van der Waals surface area contributed by atoms with Crippen molar-refractivity contribution in [2.45, 2.75) is 27.3 Å². The number of aryl methyl sites for hydroxylation is 1. The van der Waals surface area contributed by atoms with Gasteiger partial charge in [-0.2, -0.15) is 0 Å². The molecule has 0 bridgehead atoms. The fourth-order valence-corrected chi connectivity index (χ4v) is 2.15. The predicted octanol–water partition coefficient (Wildman–Crippen LogP) is 3.42. The monoisotopic (exact) mass is 328 g/mol. The van der Waals surface area contributed by atoms with Crippen molar-refractivity contribution in [1.29, 1.82) is 0 Å². The highest BCUT2D eigenvalue weighted by Crippen LogP contribution is 2.19. The second-order valence-electron chi connectivity index (χ2n) is 6.26. The van der Waals surface area contributed by atoms with E-state index in [1.54, 1.807) is 13.8 Å². The fraction of sp³-hybridized carbons (Fsp3) is 0.263. The number of rotatable bonds is 5. The zero-order valence-corrected chi connectivity index (χ0v) is 14.0. The Hall–Kier alpha value is -2.69. The molecule has 2 amide bonds. The molecule has 126 valence electrons. The van der Waals surface area contributed by atoms with E-state index in [1.807, 2.05) is 31.2 Å². The molecule has 4 nitrogen and oxygen atoms in total. The van der Waals surface area contributed by atoms with Crippen LogP contribution in [-0.4, -0.2) is 11.8 Å². The third-order valence-corrected chi connectivity index (χ3v) is 3.77. The van der Waals surface area contributed by atoms with Crippen LogP contribution in [-0.2, 0) is 16.1 Å². The number of anilines is 1. The van der Waals surface area contributed by atoms with Crippen molar-refractivity contribution in [3.8, 4) is 0 Å².